The summed E-state index contributed by atoms with van der Waals surface area (Å²) in [4.78, 5) is 24.7. The maximum absolute atomic E-state index is 12.2. The van der Waals surface area contributed by atoms with Gasteiger partial charge < -0.3 is 19.8 Å². The SMILES string of the molecule is CC(C)(C)OC(=O)N1CCCCC1CC(C)(O)C(=O)O. The Balaban J connectivity index is 2.77. The lowest BCUT2D eigenvalue weighted by Crippen LogP contribution is -2.50. The Kier molecular flexibility index (Phi) is 5.02. The number of aliphatic carboxylic acids is 1. The van der Waals surface area contributed by atoms with Gasteiger partial charge in [-0.15, -0.1) is 0 Å². The van der Waals surface area contributed by atoms with Gasteiger partial charge in [-0.1, -0.05) is 0 Å². The quantitative estimate of drug-likeness (QED) is 0.829. The molecular formula is C14H25NO5. The van der Waals surface area contributed by atoms with Gasteiger partial charge >= 0.3 is 12.1 Å². The van der Waals surface area contributed by atoms with Crippen LogP contribution in [0.3, 0.4) is 0 Å². The van der Waals surface area contributed by atoms with Crippen LogP contribution in [0, 0.1) is 0 Å². The molecule has 1 saturated heterocycles. The minimum Gasteiger partial charge on any atom is -0.479 e. The highest BCUT2D eigenvalue weighted by Crippen LogP contribution is 2.26. The molecule has 0 aromatic carbocycles. The molecular weight excluding hydrogens is 262 g/mol. The molecule has 0 saturated carbocycles. The van der Waals surface area contributed by atoms with Gasteiger partial charge in [0.25, 0.3) is 0 Å². The molecule has 0 radical (unpaired) electrons. The van der Waals surface area contributed by atoms with Crippen LogP contribution in [0.2, 0.25) is 0 Å². The summed E-state index contributed by atoms with van der Waals surface area (Å²) in [5, 5.41) is 18.9. The number of carboxylic acids is 1. The number of hydrogen-bond donors (Lipinski definition) is 2. The number of carbonyl (C=O) groups is 2. The van der Waals surface area contributed by atoms with Gasteiger partial charge in [-0.3, -0.25) is 0 Å². The Bertz CT molecular complexity index is 372. The number of aliphatic hydroxyl groups is 1. The summed E-state index contributed by atoms with van der Waals surface area (Å²) in [7, 11) is 0. The van der Waals surface area contributed by atoms with E-state index in [4.69, 9.17) is 9.84 Å². The Morgan fingerprint density at radius 3 is 2.35 bits per heavy atom. The van der Waals surface area contributed by atoms with Crippen molar-refractivity contribution < 1.29 is 24.5 Å². The molecule has 0 aromatic heterocycles. The fourth-order valence-corrected chi connectivity index (χ4v) is 2.32. The van der Waals surface area contributed by atoms with E-state index in [-0.39, 0.29) is 12.5 Å². The zero-order chi connectivity index (χ0) is 15.6. The van der Waals surface area contributed by atoms with Crippen molar-refractivity contribution >= 4 is 12.1 Å². The van der Waals surface area contributed by atoms with Crippen molar-refractivity contribution in [2.45, 2.75) is 70.6 Å². The molecule has 1 fully saturated rings. The molecule has 0 bridgehead atoms. The maximum atomic E-state index is 12.2. The molecule has 6 nitrogen and oxygen atoms in total. The lowest BCUT2D eigenvalue weighted by atomic mass is 9.90. The monoisotopic (exact) mass is 287 g/mol. The third-order valence-corrected chi connectivity index (χ3v) is 3.35. The van der Waals surface area contributed by atoms with Gasteiger partial charge in [0, 0.05) is 19.0 Å². The fraction of sp³-hybridized carbons (Fsp3) is 0.857. The highest BCUT2D eigenvalue weighted by molar-refractivity contribution is 5.76. The summed E-state index contributed by atoms with van der Waals surface area (Å²) in [6.45, 7) is 7.16. The summed E-state index contributed by atoms with van der Waals surface area (Å²) < 4.78 is 5.34. The normalized spacial score (nSPS) is 23.1. The van der Waals surface area contributed by atoms with Crippen molar-refractivity contribution in [1.82, 2.24) is 4.90 Å². The van der Waals surface area contributed by atoms with Crippen LogP contribution in [-0.4, -0.2) is 51.0 Å². The standard InChI is InChI=1S/C14H25NO5/c1-13(2,3)20-12(18)15-8-6-5-7-10(15)9-14(4,19)11(16)17/h10,19H,5-9H2,1-4H3,(H,16,17). The number of hydrogen-bond acceptors (Lipinski definition) is 4. The molecule has 2 N–H and O–H groups in total. The van der Waals surface area contributed by atoms with E-state index < -0.39 is 23.3 Å². The number of ether oxygens (including phenoxy) is 1. The van der Waals surface area contributed by atoms with Crippen LogP contribution in [-0.2, 0) is 9.53 Å². The van der Waals surface area contributed by atoms with Crippen molar-refractivity contribution in [2.75, 3.05) is 6.54 Å². The van der Waals surface area contributed by atoms with Crippen LogP contribution < -0.4 is 0 Å². The number of carboxylic acid groups (broad SMARTS) is 1. The van der Waals surface area contributed by atoms with Gasteiger partial charge in [0.1, 0.15) is 5.60 Å². The molecule has 1 amide bonds. The largest absolute Gasteiger partial charge is 0.479 e. The Hall–Kier alpha value is -1.30. The van der Waals surface area contributed by atoms with Gasteiger partial charge in [-0.25, -0.2) is 9.59 Å². The molecule has 1 rings (SSSR count). The molecule has 0 aliphatic carbocycles. The van der Waals surface area contributed by atoms with Gasteiger partial charge in [-0.2, -0.15) is 0 Å². The highest BCUT2D eigenvalue weighted by atomic mass is 16.6. The van der Waals surface area contributed by atoms with Crippen LogP contribution in [0.4, 0.5) is 4.79 Å². The lowest BCUT2D eigenvalue weighted by Gasteiger charge is -2.38. The number of nitrogens with zero attached hydrogens (tertiary/aromatic N) is 1. The van der Waals surface area contributed by atoms with E-state index in [1.807, 2.05) is 0 Å². The zero-order valence-electron chi connectivity index (χ0n) is 12.7. The predicted octanol–water partition coefficient (Wildman–Crippen LogP) is 2.00. The Morgan fingerprint density at radius 2 is 1.85 bits per heavy atom. The average Bonchev–Trinajstić information content (AvgIpc) is 2.26. The van der Waals surface area contributed by atoms with Crippen LogP contribution >= 0.6 is 0 Å². The maximum Gasteiger partial charge on any atom is 0.410 e. The number of rotatable bonds is 3. The van der Waals surface area contributed by atoms with E-state index in [9.17, 15) is 14.7 Å². The van der Waals surface area contributed by atoms with Crippen molar-refractivity contribution in [2.24, 2.45) is 0 Å². The molecule has 2 atom stereocenters. The summed E-state index contributed by atoms with van der Waals surface area (Å²) >= 11 is 0. The van der Waals surface area contributed by atoms with E-state index in [0.29, 0.717) is 13.0 Å². The number of amides is 1. The minimum absolute atomic E-state index is 0.0155. The number of carbonyl (C=O) groups excluding carboxylic acids is 1. The molecule has 116 valence electrons. The van der Waals surface area contributed by atoms with Gasteiger partial charge in [0.05, 0.1) is 0 Å². The number of piperidine rings is 1. The van der Waals surface area contributed by atoms with Crippen molar-refractivity contribution in [3.05, 3.63) is 0 Å². The van der Waals surface area contributed by atoms with Gasteiger partial charge in [-0.05, 0) is 47.0 Å². The summed E-state index contributed by atoms with van der Waals surface area (Å²) in [6, 6.07) is -0.301. The first kappa shape index (κ1) is 16.8. The first-order chi connectivity index (χ1) is 9.03. The van der Waals surface area contributed by atoms with Crippen molar-refractivity contribution in [3.63, 3.8) is 0 Å². The number of likely N-dealkylation sites (tertiary alicyclic amines) is 1. The Morgan fingerprint density at radius 1 is 1.25 bits per heavy atom. The van der Waals surface area contributed by atoms with Crippen LogP contribution in [0.15, 0.2) is 0 Å². The van der Waals surface area contributed by atoms with E-state index in [0.717, 1.165) is 12.8 Å². The third-order valence-electron chi connectivity index (χ3n) is 3.35. The first-order valence-corrected chi connectivity index (χ1v) is 6.98. The molecule has 0 aromatic rings. The summed E-state index contributed by atoms with van der Waals surface area (Å²) in [6.07, 6.45) is 2.04. The second-order valence-corrected chi connectivity index (χ2v) is 6.61. The first-order valence-electron chi connectivity index (χ1n) is 6.98. The van der Waals surface area contributed by atoms with Gasteiger partial charge in [0.15, 0.2) is 5.60 Å². The van der Waals surface area contributed by atoms with Crippen LogP contribution in [0.5, 0.6) is 0 Å². The molecule has 1 aliphatic rings. The predicted molar refractivity (Wildman–Crippen MR) is 73.5 cm³/mol. The molecule has 1 heterocycles. The molecule has 0 spiro atoms. The molecule has 1 aliphatic heterocycles. The lowest BCUT2D eigenvalue weighted by molar-refractivity contribution is -0.159. The highest BCUT2D eigenvalue weighted by Gasteiger charge is 2.38. The summed E-state index contributed by atoms with van der Waals surface area (Å²) in [5.41, 5.74) is -2.42. The van der Waals surface area contributed by atoms with Crippen LogP contribution in [0.25, 0.3) is 0 Å². The van der Waals surface area contributed by atoms with Crippen molar-refractivity contribution in [1.29, 1.82) is 0 Å². The van der Waals surface area contributed by atoms with Crippen LogP contribution in [0.1, 0.15) is 53.4 Å². The fourth-order valence-electron chi connectivity index (χ4n) is 2.32. The Labute approximate surface area is 119 Å². The second-order valence-electron chi connectivity index (χ2n) is 6.61. The smallest absolute Gasteiger partial charge is 0.410 e. The molecule has 2 unspecified atom stereocenters. The minimum atomic E-state index is -1.83. The van der Waals surface area contributed by atoms with E-state index in [1.165, 1.54) is 6.92 Å². The second kappa shape index (κ2) is 5.99. The van der Waals surface area contributed by atoms with Crippen molar-refractivity contribution in [3.8, 4) is 0 Å². The zero-order valence-corrected chi connectivity index (χ0v) is 12.7. The molecule has 20 heavy (non-hydrogen) atoms. The average molecular weight is 287 g/mol. The molecule has 6 heteroatoms. The topological polar surface area (TPSA) is 87.1 Å². The van der Waals surface area contributed by atoms with E-state index >= 15 is 0 Å². The van der Waals surface area contributed by atoms with Gasteiger partial charge in [0.2, 0.25) is 0 Å². The third kappa shape index (κ3) is 4.67. The van der Waals surface area contributed by atoms with E-state index in [1.54, 1.807) is 25.7 Å². The summed E-state index contributed by atoms with van der Waals surface area (Å²) in [5.74, 6) is -1.27. The van der Waals surface area contributed by atoms with E-state index in [2.05, 4.69) is 0 Å².